The number of carbonyl (C=O) groups is 1. The van der Waals surface area contributed by atoms with Crippen molar-refractivity contribution in [2.45, 2.75) is 53.0 Å². The summed E-state index contributed by atoms with van der Waals surface area (Å²) in [6.45, 7) is 8.62. The van der Waals surface area contributed by atoms with E-state index in [2.05, 4.69) is 26.1 Å². The molecule has 0 spiro atoms. The number of nitrogens with two attached hydrogens (primary N) is 1. The lowest BCUT2D eigenvalue weighted by Crippen LogP contribution is -2.22. The van der Waals surface area contributed by atoms with Crippen LogP contribution in [-0.4, -0.2) is 11.9 Å². The van der Waals surface area contributed by atoms with E-state index in [-0.39, 0.29) is 5.91 Å². The first-order valence-electron chi connectivity index (χ1n) is 7.15. The number of anilines is 1. The summed E-state index contributed by atoms with van der Waals surface area (Å²) in [6, 6.07) is 6.11. The molecule has 0 aliphatic heterocycles. The molecule has 0 saturated carbocycles. The molecule has 106 valence electrons. The van der Waals surface area contributed by atoms with E-state index < -0.39 is 0 Å². The SMILES string of the molecule is CCC(C)CC(CC)Nc1cccc(C(N)=O)c1C. The van der Waals surface area contributed by atoms with Crippen LogP contribution in [0.15, 0.2) is 18.2 Å². The highest BCUT2D eigenvalue weighted by Gasteiger charge is 2.13. The molecule has 0 aromatic heterocycles. The van der Waals surface area contributed by atoms with Crippen molar-refractivity contribution in [3.05, 3.63) is 29.3 Å². The van der Waals surface area contributed by atoms with E-state index in [9.17, 15) is 4.79 Å². The summed E-state index contributed by atoms with van der Waals surface area (Å²) in [6.07, 6.45) is 3.41. The Morgan fingerprint density at radius 2 is 2.00 bits per heavy atom. The Balaban J connectivity index is 2.85. The van der Waals surface area contributed by atoms with E-state index in [4.69, 9.17) is 5.73 Å². The highest BCUT2D eigenvalue weighted by Crippen LogP contribution is 2.22. The molecule has 1 aromatic rings. The van der Waals surface area contributed by atoms with Crippen LogP contribution in [0.2, 0.25) is 0 Å². The topological polar surface area (TPSA) is 55.1 Å². The van der Waals surface area contributed by atoms with E-state index in [1.165, 1.54) is 6.42 Å². The molecule has 3 N–H and O–H groups in total. The lowest BCUT2D eigenvalue weighted by molar-refractivity contribution is 0.1000. The third-order valence-electron chi connectivity index (χ3n) is 3.84. The van der Waals surface area contributed by atoms with Crippen LogP contribution in [-0.2, 0) is 0 Å². The normalized spacial score (nSPS) is 13.9. The minimum Gasteiger partial charge on any atom is -0.382 e. The van der Waals surface area contributed by atoms with E-state index in [1.54, 1.807) is 6.07 Å². The first-order valence-corrected chi connectivity index (χ1v) is 7.15. The monoisotopic (exact) mass is 262 g/mol. The van der Waals surface area contributed by atoms with Crippen molar-refractivity contribution in [2.75, 3.05) is 5.32 Å². The standard InChI is InChI=1S/C16H26N2O/c1-5-11(3)10-13(6-2)18-15-9-7-8-14(12(15)4)16(17)19/h7-9,11,13,18H,5-6,10H2,1-4H3,(H2,17,19). The fraction of sp³-hybridized carbons (Fsp3) is 0.562. The molecule has 2 unspecified atom stereocenters. The molecule has 0 heterocycles. The smallest absolute Gasteiger partial charge is 0.249 e. The number of amides is 1. The molecule has 0 saturated heterocycles. The fourth-order valence-electron chi connectivity index (χ4n) is 2.26. The van der Waals surface area contributed by atoms with Crippen molar-refractivity contribution >= 4 is 11.6 Å². The van der Waals surface area contributed by atoms with E-state index in [0.29, 0.717) is 17.5 Å². The van der Waals surface area contributed by atoms with Gasteiger partial charge in [-0.05, 0) is 43.4 Å². The Hall–Kier alpha value is -1.51. The van der Waals surface area contributed by atoms with E-state index >= 15 is 0 Å². The van der Waals surface area contributed by atoms with Gasteiger partial charge in [0.2, 0.25) is 5.91 Å². The maximum atomic E-state index is 11.3. The van der Waals surface area contributed by atoms with Crippen molar-refractivity contribution < 1.29 is 4.79 Å². The molecule has 0 aliphatic carbocycles. The minimum absolute atomic E-state index is 0.365. The fourth-order valence-corrected chi connectivity index (χ4v) is 2.26. The maximum Gasteiger partial charge on any atom is 0.249 e. The summed E-state index contributed by atoms with van der Waals surface area (Å²) >= 11 is 0. The van der Waals surface area contributed by atoms with E-state index in [0.717, 1.165) is 24.1 Å². The van der Waals surface area contributed by atoms with Crippen LogP contribution >= 0.6 is 0 Å². The predicted molar refractivity (Wildman–Crippen MR) is 81.5 cm³/mol. The van der Waals surface area contributed by atoms with Gasteiger partial charge in [0.05, 0.1) is 0 Å². The first kappa shape index (κ1) is 15.5. The molecule has 19 heavy (non-hydrogen) atoms. The summed E-state index contributed by atoms with van der Waals surface area (Å²) in [4.78, 5) is 11.3. The number of hydrogen-bond donors (Lipinski definition) is 2. The molecule has 1 amide bonds. The molecule has 3 nitrogen and oxygen atoms in total. The van der Waals surface area contributed by atoms with Crippen LogP contribution in [0.1, 0.15) is 56.0 Å². The third kappa shape index (κ3) is 4.27. The zero-order valence-electron chi connectivity index (χ0n) is 12.5. The largest absolute Gasteiger partial charge is 0.382 e. The van der Waals surface area contributed by atoms with Gasteiger partial charge in [-0.3, -0.25) is 4.79 Å². The summed E-state index contributed by atoms with van der Waals surface area (Å²) in [5, 5.41) is 3.55. The van der Waals surface area contributed by atoms with Crippen LogP contribution < -0.4 is 11.1 Å². The van der Waals surface area contributed by atoms with Gasteiger partial charge in [0, 0.05) is 17.3 Å². The van der Waals surface area contributed by atoms with Gasteiger partial charge in [-0.15, -0.1) is 0 Å². The maximum absolute atomic E-state index is 11.3. The van der Waals surface area contributed by atoms with Crippen LogP contribution in [0.25, 0.3) is 0 Å². The Morgan fingerprint density at radius 1 is 1.32 bits per heavy atom. The predicted octanol–water partition coefficient (Wildman–Crippen LogP) is 3.72. The van der Waals surface area contributed by atoms with Gasteiger partial charge in [0.25, 0.3) is 0 Å². The highest BCUT2D eigenvalue weighted by atomic mass is 16.1. The van der Waals surface area contributed by atoms with Crippen molar-refractivity contribution in [1.29, 1.82) is 0 Å². The number of hydrogen-bond acceptors (Lipinski definition) is 2. The van der Waals surface area contributed by atoms with Gasteiger partial charge in [-0.2, -0.15) is 0 Å². The van der Waals surface area contributed by atoms with E-state index in [1.807, 2.05) is 19.1 Å². The lowest BCUT2D eigenvalue weighted by atomic mass is 9.97. The molecule has 0 bridgehead atoms. The molecular formula is C16H26N2O. The van der Waals surface area contributed by atoms with Gasteiger partial charge in [0.15, 0.2) is 0 Å². The van der Waals surface area contributed by atoms with Crippen LogP contribution in [0.3, 0.4) is 0 Å². The second kappa shape index (κ2) is 7.17. The quantitative estimate of drug-likeness (QED) is 0.787. The molecule has 3 heteroatoms. The van der Waals surface area contributed by atoms with Gasteiger partial charge in [-0.1, -0.05) is 33.3 Å². The van der Waals surface area contributed by atoms with Gasteiger partial charge in [0.1, 0.15) is 0 Å². The van der Waals surface area contributed by atoms with Gasteiger partial charge in [-0.25, -0.2) is 0 Å². The second-order valence-corrected chi connectivity index (χ2v) is 5.34. The van der Waals surface area contributed by atoms with Crippen molar-refractivity contribution in [1.82, 2.24) is 0 Å². The number of nitrogens with one attached hydrogen (secondary N) is 1. The molecule has 0 radical (unpaired) electrons. The second-order valence-electron chi connectivity index (χ2n) is 5.34. The van der Waals surface area contributed by atoms with Crippen molar-refractivity contribution in [2.24, 2.45) is 11.7 Å². The molecule has 1 aromatic carbocycles. The summed E-state index contributed by atoms with van der Waals surface area (Å²) < 4.78 is 0. The Morgan fingerprint density at radius 3 is 2.53 bits per heavy atom. The average Bonchev–Trinajstić information content (AvgIpc) is 2.39. The molecule has 1 rings (SSSR count). The molecular weight excluding hydrogens is 236 g/mol. The number of benzene rings is 1. The zero-order chi connectivity index (χ0) is 14.4. The van der Waals surface area contributed by atoms with Crippen LogP contribution in [0, 0.1) is 12.8 Å². The molecule has 0 fully saturated rings. The summed E-state index contributed by atoms with van der Waals surface area (Å²) in [5.74, 6) is 0.341. The number of primary amides is 1. The van der Waals surface area contributed by atoms with Crippen molar-refractivity contribution in [3.8, 4) is 0 Å². The Bertz CT molecular complexity index is 429. The summed E-state index contributed by atoms with van der Waals surface area (Å²) in [7, 11) is 0. The van der Waals surface area contributed by atoms with Gasteiger partial charge >= 0.3 is 0 Å². The Kier molecular flexibility index (Phi) is 5.87. The highest BCUT2D eigenvalue weighted by molar-refractivity contribution is 5.95. The van der Waals surface area contributed by atoms with Crippen molar-refractivity contribution in [3.63, 3.8) is 0 Å². The molecule has 0 aliphatic rings. The minimum atomic E-state index is -0.365. The first-order chi connectivity index (χ1) is 8.99. The van der Waals surface area contributed by atoms with Crippen LogP contribution in [0.4, 0.5) is 5.69 Å². The average molecular weight is 262 g/mol. The number of rotatable bonds is 7. The lowest BCUT2D eigenvalue weighted by Gasteiger charge is -2.23. The number of carbonyl (C=O) groups excluding carboxylic acids is 1. The Labute approximate surface area is 116 Å². The van der Waals surface area contributed by atoms with Crippen LogP contribution in [0.5, 0.6) is 0 Å². The third-order valence-corrected chi connectivity index (χ3v) is 3.84. The molecule has 2 atom stereocenters. The van der Waals surface area contributed by atoms with Gasteiger partial charge < -0.3 is 11.1 Å². The zero-order valence-corrected chi connectivity index (χ0v) is 12.5. The summed E-state index contributed by atoms with van der Waals surface area (Å²) in [5.41, 5.74) is 7.94.